The summed E-state index contributed by atoms with van der Waals surface area (Å²) in [6, 6.07) is 0. The van der Waals surface area contributed by atoms with Crippen molar-refractivity contribution in [1.29, 1.82) is 0 Å². The number of nitrogens with one attached hydrogen (secondary N) is 1. The highest BCUT2D eigenvalue weighted by Crippen LogP contribution is 2.38. The van der Waals surface area contributed by atoms with Crippen LogP contribution < -0.4 is 5.32 Å². The first-order valence-corrected chi connectivity index (χ1v) is 5.74. The second-order valence-corrected chi connectivity index (χ2v) is 4.50. The molecule has 1 spiro atoms. The van der Waals surface area contributed by atoms with Crippen LogP contribution >= 0.6 is 0 Å². The molecule has 0 radical (unpaired) electrons. The van der Waals surface area contributed by atoms with Crippen LogP contribution in [0.15, 0.2) is 11.6 Å². The number of carbonyl (C=O) groups excluding carboxylic acids is 2. The zero-order valence-corrected chi connectivity index (χ0v) is 9.54. The molecular weight excluding hydrogens is 206 g/mol. The Hall–Kier alpha value is -1.32. The number of carbonyl (C=O) groups is 2. The molecule has 0 aromatic heterocycles. The van der Waals surface area contributed by atoms with Gasteiger partial charge >= 0.3 is 5.97 Å². The first-order valence-electron chi connectivity index (χ1n) is 5.74. The third kappa shape index (κ3) is 1.96. The van der Waals surface area contributed by atoms with Crippen molar-refractivity contribution in [3.63, 3.8) is 0 Å². The van der Waals surface area contributed by atoms with E-state index in [9.17, 15) is 9.59 Å². The molecule has 1 aliphatic carbocycles. The molecule has 4 nitrogen and oxygen atoms in total. The Labute approximate surface area is 95.0 Å². The average molecular weight is 223 g/mol. The predicted molar refractivity (Wildman–Crippen MR) is 58.7 cm³/mol. The van der Waals surface area contributed by atoms with Gasteiger partial charge in [-0.3, -0.25) is 9.59 Å². The third-order valence-corrected chi connectivity index (χ3v) is 3.53. The molecule has 1 fully saturated rings. The molecule has 0 bridgehead atoms. The summed E-state index contributed by atoms with van der Waals surface area (Å²) >= 11 is 0. The van der Waals surface area contributed by atoms with E-state index in [-0.39, 0.29) is 17.4 Å². The van der Waals surface area contributed by atoms with Gasteiger partial charge in [-0.25, -0.2) is 0 Å². The number of methoxy groups -OCH3 is 1. The lowest BCUT2D eigenvalue weighted by atomic mass is 9.81. The molecule has 88 valence electrons. The van der Waals surface area contributed by atoms with Gasteiger partial charge in [0.05, 0.1) is 19.1 Å². The van der Waals surface area contributed by atoms with Crippen LogP contribution in [0.1, 0.15) is 38.5 Å². The molecule has 0 aromatic carbocycles. The SMILES string of the molecule is COC(=O)CC1=CCCC12CCCC(=O)N2. The minimum Gasteiger partial charge on any atom is -0.469 e. The van der Waals surface area contributed by atoms with Gasteiger partial charge in [0.15, 0.2) is 0 Å². The average Bonchev–Trinajstić information content (AvgIpc) is 2.61. The molecule has 2 aliphatic rings. The van der Waals surface area contributed by atoms with Gasteiger partial charge in [-0.1, -0.05) is 6.08 Å². The molecule has 1 aliphatic heterocycles. The second-order valence-electron chi connectivity index (χ2n) is 4.50. The van der Waals surface area contributed by atoms with E-state index in [2.05, 4.69) is 16.1 Å². The minimum absolute atomic E-state index is 0.101. The first-order chi connectivity index (χ1) is 7.66. The van der Waals surface area contributed by atoms with Crippen LogP contribution in [0.4, 0.5) is 0 Å². The number of esters is 1. The highest BCUT2D eigenvalue weighted by atomic mass is 16.5. The van der Waals surface area contributed by atoms with Crippen molar-refractivity contribution in [3.05, 3.63) is 11.6 Å². The van der Waals surface area contributed by atoms with Gasteiger partial charge in [0.25, 0.3) is 0 Å². The molecule has 0 saturated carbocycles. The van der Waals surface area contributed by atoms with E-state index in [4.69, 9.17) is 0 Å². The molecule has 1 unspecified atom stereocenters. The van der Waals surface area contributed by atoms with Crippen molar-refractivity contribution in [2.24, 2.45) is 0 Å². The van der Waals surface area contributed by atoms with E-state index in [1.54, 1.807) is 0 Å². The Morgan fingerprint density at radius 1 is 1.56 bits per heavy atom. The van der Waals surface area contributed by atoms with E-state index in [0.717, 1.165) is 31.3 Å². The molecule has 2 rings (SSSR count). The third-order valence-electron chi connectivity index (χ3n) is 3.53. The monoisotopic (exact) mass is 223 g/mol. The fraction of sp³-hybridized carbons (Fsp3) is 0.667. The maximum absolute atomic E-state index is 11.5. The summed E-state index contributed by atoms with van der Waals surface area (Å²) in [6.45, 7) is 0. The normalized spacial score (nSPS) is 28.8. The lowest BCUT2D eigenvalue weighted by Gasteiger charge is -2.37. The quantitative estimate of drug-likeness (QED) is 0.567. The predicted octanol–water partition coefficient (Wildman–Crippen LogP) is 1.31. The Balaban J connectivity index is 2.11. The van der Waals surface area contributed by atoms with Crippen molar-refractivity contribution in [2.45, 2.75) is 44.1 Å². The van der Waals surface area contributed by atoms with Gasteiger partial charge in [-0.2, -0.15) is 0 Å². The molecule has 1 heterocycles. The Morgan fingerprint density at radius 2 is 2.38 bits per heavy atom. The highest BCUT2D eigenvalue weighted by molar-refractivity contribution is 5.80. The number of ether oxygens (including phenoxy) is 1. The Bertz CT molecular complexity index is 348. The van der Waals surface area contributed by atoms with Crippen LogP contribution in [-0.4, -0.2) is 24.5 Å². The van der Waals surface area contributed by atoms with Crippen LogP contribution in [-0.2, 0) is 14.3 Å². The van der Waals surface area contributed by atoms with E-state index in [1.807, 2.05) is 0 Å². The molecule has 1 atom stereocenters. The van der Waals surface area contributed by atoms with Crippen LogP contribution in [0.3, 0.4) is 0 Å². The van der Waals surface area contributed by atoms with Crippen LogP contribution in [0.2, 0.25) is 0 Å². The topological polar surface area (TPSA) is 55.4 Å². The van der Waals surface area contributed by atoms with E-state index in [0.29, 0.717) is 12.8 Å². The second kappa shape index (κ2) is 4.28. The van der Waals surface area contributed by atoms with Crippen molar-refractivity contribution < 1.29 is 14.3 Å². The maximum atomic E-state index is 11.5. The van der Waals surface area contributed by atoms with Gasteiger partial charge in [-0.15, -0.1) is 0 Å². The number of rotatable bonds is 2. The zero-order valence-electron chi connectivity index (χ0n) is 9.54. The van der Waals surface area contributed by atoms with Gasteiger partial charge in [0.1, 0.15) is 0 Å². The first kappa shape index (κ1) is 11.2. The molecule has 1 saturated heterocycles. The molecule has 1 N–H and O–H groups in total. The van der Waals surface area contributed by atoms with Crippen LogP contribution in [0, 0.1) is 0 Å². The Morgan fingerprint density at radius 3 is 3.06 bits per heavy atom. The van der Waals surface area contributed by atoms with Gasteiger partial charge in [0, 0.05) is 6.42 Å². The van der Waals surface area contributed by atoms with E-state index < -0.39 is 0 Å². The van der Waals surface area contributed by atoms with Gasteiger partial charge in [-0.05, 0) is 31.3 Å². The van der Waals surface area contributed by atoms with Crippen molar-refractivity contribution in [3.8, 4) is 0 Å². The highest BCUT2D eigenvalue weighted by Gasteiger charge is 2.41. The van der Waals surface area contributed by atoms with Crippen LogP contribution in [0.5, 0.6) is 0 Å². The number of amides is 1. The van der Waals surface area contributed by atoms with E-state index in [1.165, 1.54) is 7.11 Å². The smallest absolute Gasteiger partial charge is 0.309 e. The standard InChI is InChI=1S/C12H17NO3/c1-16-11(15)8-9-4-2-6-12(9)7-3-5-10(14)13-12/h4H,2-3,5-8H2,1H3,(H,13,14). The molecule has 0 aromatic rings. The number of hydrogen-bond donors (Lipinski definition) is 1. The lowest BCUT2D eigenvalue weighted by molar-refractivity contribution is -0.140. The fourth-order valence-corrected chi connectivity index (χ4v) is 2.69. The summed E-state index contributed by atoms with van der Waals surface area (Å²) in [4.78, 5) is 22.8. The molecule has 1 amide bonds. The van der Waals surface area contributed by atoms with Crippen molar-refractivity contribution in [1.82, 2.24) is 5.32 Å². The minimum atomic E-state index is -0.247. The van der Waals surface area contributed by atoms with Crippen LogP contribution in [0.25, 0.3) is 0 Å². The van der Waals surface area contributed by atoms with Gasteiger partial charge in [0.2, 0.25) is 5.91 Å². The lowest BCUT2D eigenvalue weighted by Crippen LogP contribution is -2.51. The summed E-state index contributed by atoms with van der Waals surface area (Å²) in [6.07, 6.45) is 6.69. The number of hydrogen-bond acceptors (Lipinski definition) is 3. The van der Waals surface area contributed by atoms with Crippen molar-refractivity contribution in [2.75, 3.05) is 7.11 Å². The summed E-state index contributed by atoms with van der Waals surface area (Å²) in [5.41, 5.74) is 0.788. The van der Waals surface area contributed by atoms with Gasteiger partial charge < -0.3 is 10.1 Å². The molecule has 16 heavy (non-hydrogen) atoms. The zero-order chi connectivity index (χ0) is 11.6. The van der Waals surface area contributed by atoms with Crippen molar-refractivity contribution >= 4 is 11.9 Å². The summed E-state index contributed by atoms with van der Waals surface area (Å²) in [5, 5.41) is 3.06. The van der Waals surface area contributed by atoms with E-state index >= 15 is 0 Å². The maximum Gasteiger partial charge on any atom is 0.309 e. The largest absolute Gasteiger partial charge is 0.469 e. The summed E-state index contributed by atoms with van der Waals surface area (Å²) in [5.74, 6) is -0.128. The molecule has 4 heteroatoms. The molecular formula is C12H17NO3. The Kier molecular flexibility index (Phi) is 2.99. The fourth-order valence-electron chi connectivity index (χ4n) is 2.69. The number of allylic oxidation sites excluding steroid dienone is 1. The summed E-state index contributed by atoms with van der Waals surface area (Å²) < 4.78 is 4.68. The summed E-state index contributed by atoms with van der Waals surface area (Å²) in [7, 11) is 1.39. The number of piperidine rings is 1.